The van der Waals surface area contributed by atoms with Crippen molar-refractivity contribution in [3.05, 3.63) is 48.3 Å². The molecule has 164 valence electrons. The van der Waals surface area contributed by atoms with E-state index < -0.39 is 0 Å². The third kappa shape index (κ3) is 17.7. The van der Waals surface area contributed by atoms with Gasteiger partial charge in [-0.1, -0.05) is 72.6 Å². The molecule has 1 rings (SSSR count). The number of carbonyl (C=O) groups excluding carboxylic acids is 1. The second-order valence-electron chi connectivity index (χ2n) is 7.29. The van der Waals surface area contributed by atoms with Crippen LogP contribution in [0.1, 0.15) is 85.6 Å². The van der Waals surface area contributed by atoms with Crippen molar-refractivity contribution in [2.45, 2.75) is 80.1 Å². The molecule has 3 nitrogen and oxygen atoms in total. The van der Waals surface area contributed by atoms with Crippen molar-refractivity contribution in [2.24, 2.45) is 5.92 Å². The van der Waals surface area contributed by atoms with Crippen LogP contribution in [0.5, 0.6) is 0 Å². The average molecular weight is 397 g/mol. The SMILES string of the molecule is C=CCN(CCCCCC(C)c1ccc(F)cc1)C(C)=O.CC.CC(C)C.N. The van der Waals surface area contributed by atoms with E-state index in [1.54, 1.807) is 13.0 Å². The normalized spacial score (nSPS) is 10.5. The molecule has 4 heteroatoms. The van der Waals surface area contributed by atoms with Gasteiger partial charge in [0, 0.05) is 20.0 Å². The first-order valence-electron chi connectivity index (χ1n) is 10.4. The number of rotatable bonds is 9. The fourth-order valence-corrected chi connectivity index (χ4v) is 2.42. The van der Waals surface area contributed by atoms with Crippen LogP contribution in [0.3, 0.4) is 0 Å². The molecule has 3 N–H and O–H groups in total. The molecule has 1 unspecified atom stereocenters. The van der Waals surface area contributed by atoms with Gasteiger partial charge in [-0.25, -0.2) is 4.39 Å². The predicted molar refractivity (Wildman–Crippen MR) is 123 cm³/mol. The lowest BCUT2D eigenvalue weighted by Gasteiger charge is -2.19. The van der Waals surface area contributed by atoms with E-state index in [2.05, 4.69) is 34.3 Å². The number of hydrogen-bond acceptors (Lipinski definition) is 2. The van der Waals surface area contributed by atoms with Crippen molar-refractivity contribution >= 4 is 5.91 Å². The number of amides is 1. The quantitative estimate of drug-likeness (QED) is 0.350. The summed E-state index contributed by atoms with van der Waals surface area (Å²) in [4.78, 5) is 13.2. The maximum Gasteiger partial charge on any atom is 0.219 e. The van der Waals surface area contributed by atoms with Gasteiger partial charge in [0.1, 0.15) is 5.82 Å². The highest BCUT2D eigenvalue weighted by atomic mass is 19.1. The molecule has 0 aliphatic carbocycles. The molecule has 0 spiro atoms. The number of carbonyl (C=O) groups is 1. The van der Waals surface area contributed by atoms with Gasteiger partial charge in [-0.3, -0.25) is 4.79 Å². The molecule has 28 heavy (non-hydrogen) atoms. The lowest BCUT2D eigenvalue weighted by Crippen LogP contribution is -2.29. The smallest absolute Gasteiger partial charge is 0.219 e. The highest BCUT2D eigenvalue weighted by molar-refractivity contribution is 5.73. The standard InChI is InChI=1S/C18H26FNO.C4H10.C2H6.H3N/c1-4-13-20(16(3)21)14-7-5-6-8-15(2)17-9-11-18(19)12-10-17;1-4(2)3;1-2;/h4,9-12,15H,1,5-8,13-14H2,2-3H3;4H,1-3H3;1-2H3;1H3. The minimum absolute atomic E-state index is 0. The Morgan fingerprint density at radius 2 is 1.57 bits per heavy atom. The largest absolute Gasteiger partial charge is 0.344 e. The number of benzene rings is 1. The highest BCUT2D eigenvalue weighted by Crippen LogP contribution is 2.22. The molecule has 0 saturated carbocycles. The van der Waals surface area contributed by atoms with Gasteiger partial charge in [0.2, 0.25) is 5.91 Å². The molecule has 0 heterocycles. The molecule has 0 aromatic heterocycles. The van der Waals surface area contributed by atoms with Crippen LogP contribution in [0.25, 0.3) is 0 Å². The molecule has 1 amide bonds. The molecule has 0 aliphatic rings. The van der Waals surface area contributed by atoms with Crippen molar-refractivity contribution in [3.8, 4) is 0 Å². The van der Waals surface area contributed by atoms with E-state index in [0.717, 1.165) is 38.1 Å². The number of halogens is 1. The molecule has 1 aromatic rings. The van der Waals surface area contributed by atoms with E-state index >= 15 is 0 Å². The fourth-order valence-electron chi connectivity index (χ4n) is 2.42. The minimum Gasteiger partial charge on any atom is -0.344 e. The third-order valence-electron chi connectivity index (χ3n) is 3.80. The Balaban J connectivity index is -0.000000791. The van der Waals surface area contributed by atoms with Crippen molar-refractivity contribution in [2.75, 3.05) is 13.1 Å². The minimum atomic E-state index is -0.183. The third-order valence-corrected chi connectivity index (χ3v) is 3.80. The summed E-state index contributed by atoms with van der Waals surface area (Å²) in [7, 11) is 0. The first kappa shape index (κ1) is 31.0. The van der Waals surface area contributed by atoms with Crippen molar-refractivity contribution in [3.63, 3.8) is 0 Å². The lowest BCUT2D eigenvalue weighted by molar-refractivity contribution is -0.128. The van der Waals surface area contributed by atoms with E-state index in [9.17, 15) is 9.18 Å². The Morgan fingerprint density at radius 1 is 1.07 bits per heavy atom. The van der Waals surface area contributed by atoms with Gasteiger partial charge in [0.15, 0.2) is 0 Å². The Labute approximate surface area is 174 Å². The summed E-state index contributed by atoms with van der Waals surface area (Å²) in [5.74, 6) is 1.20. The van der Waals surface area contributed by atoms with E-state index in [0.29, 0.717) is 12.5 Å². The number of unbranched alkanes of at least 4 members (excludes halogenated alkanes) is 2. The summed E-state index contributed by atoms with van der Waals surface area (Å²) < 4.78 is 12.9. The van der Waals surface area contributed by atoms with Gasteiger partial charge in [0.05, 0.1) is 0 Å². The van der Waals surface area contributed by atoms with Crippen LogP contribution in [0.2, 0.25) is 0 Å². The summed E-state index contributed by atoms with van der Waals surface area (Å²) in [6.45, 7) is 19.4. The Hall–Kier alpha value is -1.68. The van der Waals surface area contributed by atoms with Gasteiger partial charge in [-0.2, -0.15) is 0 Å². The Bertz CT molecular complexity index is 483. The summed E-state index contributed by atoms with van der Waals surface area (Å²) in [5, 5.41) is 0. The topological polar surface area (TPSA) is 55.3 Å². The maximum absolute atomic E-state index is 12.9. The van der Waals surface area contributed by atoms with Crippen LogP contribution in [-0.4, -0.2) is 23.9 Å². The number of nitrogens with zero attached hydrogens (tertiary/aromatic N) is 1. The van der Waals surface area contributed by atoms with Gasteiger partial charge < -0.3 is 11.1 Å². The van der Waals surface area contributed by atoms with Crippen LogP contribution >= 0.6 is 0 Å². The molecule has 1 atom stereocenters. The molecular formula is C24H45FN2O. The number of hydrogen-bond donors (Lipinski definition) is 1. The van der Waals surface area contributed by atoms with Crippen molar-refractivity contribution in [1.82, 2.24) is 11.1 Å². The molecule has 0 radical (unpaired) electrons. The fraction of sp³-hybridized carbons (Fsp3) is 0.625. The van der Waals surface area contributed by atoms with E-state index in [1.165, 1.54) is 17.7 Å². The summed E-state index contributed by atoms with van der Waals surface area (Å²) in [6, 6.07) is 6.76. The van der Waals surface area contributed by atoms with E-state index in [-0.39, 0.29) is 17.9 Å². The van der Waals surface area contributed by atoms with Gasteiger partial charge in [0.25, 0.3) is 0 Å². The van der Waals surface area contributed by atoms with Crippen molar-refractivity contribution < 1.29 is 9.18 Å². The summed E-state index contributed by atoms with van der Waals surface area (Å²) in [5.41, 5.74) is 1.19. The van der Waals surface area contributed by atoms with E-state index in [4.69, 9.17) is 0 Å². The van der Waals surface area contributed by atoms with Crippen LogP contribution in [-0.2, 0) is 4.79 Å². The van der Waals surface area contributed by atoms with Crippen LogP contribution in [0, 0.1) is 11.7 Å². The Kier molecular flexibility index (Phi) is 22.2. The van der Waals surface area contributed by atoms with Gasteiger partial charge >= 0.3 is 0 Å². The molecule has 1 aromatic carbocycles. The van der Waals surface area contributed by atoms with Crippen molar-refractivity contribution in [1.29, 1.82) is 0 Å². The van der Waals surface area contributed by atoms with Gasteiger partial charge in [-0.05, 0) is 42.4 Å². The average Bonchev–Trinajstić information content (AvgIpc) is 2.62. The zero-order valence-electron chi connectivity index (χ0n) is 19.4. The summed E-state index contributed by atoms with van der Waals surface area (Å²) in [6.07, 6.45) is 6.10. The van der Waals surface area contributed by atoms with Gasteiger partial charge in [-0.15, -0.1) is 6.58 Å². The molecule has 0 bridgehead atoms. The Morgan fingerprint density at radius 3 is 2.00 bits per heavy atom. The predicted octanol–water partition coefficient (Wildman–Crippen LogP) is 7.37. The highest BCUT2D eigenvalue weighted by Gasteiger charge is 2.07. The lowest BCUT2D eigenvalue weighted by atomic mass is 9.95. The second kappa shape index (κ2) is 20.1. The zero-order valence-corrected chi connectivity index (χ0v) is 19.4. The molecule has 0 fully saturated rings. The molecular weight excluding hydrogens is 351 g/mol. The monoisotopic (exact) mass is 396 g/mol. The first-order valence-corrected chi connectivity index (χ1v) is 10.4. The molecule has 0 aliphatic heterocycles. The zero-order chi connectivity index (χ0) is 21.2. The van der Waals surface area contributed by atoms with Crippen LogP contribution < -0.4 is 6.15 Å². The summed E-state index contributed by atoms with van der Waals surface area (Å²) >= 11 is 0. The second-order valence-corrected chi connectivity index (χ2v) is 7.29. The maximum atomic E-state index is 12.9. The molecule has 0 saturated heterocycles. The van der Waals surface area contributed by atoms with Crippen LogP contribution in [0.15, 0.2) is 36.9 Å². The first-order chi connectivity index (χ1) is 12.8. The van der Waals surface area contributed by atoms with E-state index in [1.807, 2.05) is 30.9 Å². The van der Waals surface area contributed by atoms with Crippen LogP contribution in [0.4, 0.5) is 4.39 Å².